The summed E-state index contributed by atoms with van der Waals surface area (Å²) in [4.78, 5) is 6.79. The van der Waals surface area contributed by atoms with Gasteiger partial charge >= 0.3 is 0 Å². The van der Waals surface area contributed by atoms with Gasteiger partial charge in [-0.2, -0.15) is 0 Å². The number of nitrogens with one attached hydrogen (secondary N) is 2. The van der Waals surface area contributed by atoms with Crippen LogP contribution in [0.1, 0.15) is 23.6 Å². The minimum absolute atomic E-state index is 0.0280. The molecule has 0 atom stereocenters. The predicted octanol–water partition coefficient (Wildman–Crippen LogP) is 1.36. The van der Waals surface area contributed by atoms with Gasteiger partial charge < -0.3 is 19.9 Å². The number of aromatic nitrogens is 3. The van der Waals surface area contributed by atoms with E-state index in [-0.39, 0.29) is 12.1 Å². The highest BCUT2D eigenvalue weighted by molar-refractivity contribution is 5.79. The average Bonchev–Trinajstić information content (AvgIpc) is 3.07. The number of aryl methyl sites for hydroxylation is 1. The quantitative estimate of drug-likeness (QED) is 0.381. The summed E-state index contributed by atoms with van der Waals surface area (Å²) in [5, 5.41) is 14.6. The van der Waals surface area contributed by atoms with Gasteiger partial charge in [0, 0.05) is 32.2 Å². The van der Waals surface area contributed by atoms with Crippen LogP contribution in [0, 0.1) is 18.6 Å². The van der Waals surface area contributed by atoms with Crippen LogP contribution in [0.15, 0.2) is 23.2 Å². The van der Waals surface area contributed by atoms with Crippen molar-refractivity contribution in [1.82, 2.24) is 30.3 Å². The van der Waals surface area contributed by atoms with Gasteiger partial charge in [0.2, 0.25) is 0 Å². The summed E-state index contributed by atoms with van der Waals surface area (Å²) in [6.07, 6.45) is 0.929. The van der Waals surface area contributed by atoms with Crippen LogP contribution in [0.2, 0.25) is 0 Å². The molecule has 1 aromatic heterocycles. The van der Waals surface area contributed by atoms with E-state index in [0.717, 1.165) is 63.1 Å². The Morgan fingerprint density at radius 1 is 1.20 bits per heavy atom. The number of nitrogens with zero attached hydrogens (tertiary/aromatic N) is 5. The molecule has 1 aliphatic rings. The molecule has 0 spiro atoms. The summed E-state index contributed by atoms with van der Waals surface area (Å²) >= 11 is 0. The molecule has 0 saturated carbocycles. The number of morpholine rings is 1. The molecular weight excluding hydrogens is 392 g/mol. The highest BCUT2D eigenvalue weighted by atomic mass is 19.1. The van der Waals surface area contributed by atoms with Crippen molar-refractivity contribution < 1.29 is 13.5 Å². The Morgan fingerprint density at radius 2 is 2.00 bits per heavy atom. The van der Waals surface area contributed by atoms with Crippen molar-refractivity contribution in [1.29, 1.82) is 0 Å². The van der Waals surface area contributed by atoms with Gasteiger partial charge in [-0.25, -0.2) is 13.8 Å². The highest BCUT2D eigenvalue weighted by Gasteiger charge is 2.10. The van der Waals surface area contributed by atoms with E-state index >= 15 is 0 Å². The molecule has 1 saturated heterocycles. The third-order valence-electron chi connectivity index (χ3n) is 5.06. The highest BCUT2D eigenvalue weighted by Crippen LogP contribution is 2.10. The molecule has 0 unspecified atom stereocenters. The molecule has 1 fully saturated rings. The average molecular weight is 421 g/mol. The number of ether oxygens (including phenoxy) is 1. The van der Waals surface area contributed by atoms with Gasteiger partial charge in [-0.3, -0.25) is 4.90 Å². The summed E-state index contributed by atoms with van der Waals surface area (Å²) < 4.78 is 34.6. The first kappa shape index (κ1) is 22.1. The minimum atomic E-state index is -0.482. The summed E-state index contributed by atoms with van der Waals surface area (Å²) in [5.41, 5.74) is 0.207. The molecule has 2 aromatic rings. The second-order valence-electron chi connectivity index (χ2n) is 7.21. The number of rotatable bonds is 8. The fourth-order valence-corrected chi connectivity index (χ4v) is 3.10. The van der Waals surface area contributed by atoms with Crippen LogP contribution in [-0.4, -0.2) is 65.0 Å². The largest absolute Gasteiger partial charge is 0.379 e. The first-order valence-electron chi connectivity index (χ1n) is 10.1. The fraction of sp³-hybridized carbons (Fsp3) is 0.550. The van der Waals surface area contributed by atoms with Crippen molar-refractivity contribution in [2.24, 2.45) is 12.0 Å². The zero-order valence-electron chi connectivity index (χ0n) is 17.5. The molecule has 2 heterocycles. The van der Waals surface area contributed by atoms with E-state index in [1.165, 1.54) is 6.07 Å². The Labute approximate surface area is 175 Å². The lowest BCUT2D eigenvalue weighted by Gasteiger charge is -2.26. The van der Waals surface area contributed by atoms with Gasteiger partial charge in [0.15, 0.2) is 11.8 Å². The van der Waals surface area contributed by atoms with Crippen molar-refractivity contribution in [3.63, 3.8) is 0 Å². The van der Waals surface area contributed by atoms with Crippen LogP contribution >= 0.6 is 0 Å². The first-order chi connectivity index (χ1) is 14.5. The molecule has 0 amide bonds. The van der Waals surface area contributed by atoms with Gasteiger partial charge in [-0.05, 0) is 38.1 Å². The summed E-state index contributed by atoms with van der Waals surface area (Å²) in [6, 6.07) is 3.38. The maximum absolute atomic E-state index is 13.9. The Hall–Kier alpha value is -2.59. The summed E-state index contributed by atoms with van der Waals surface area (Å²) in [5.74, 6) is 1.12. The van der Waals surface area contributed by atoms with E-state index in [1.54, 1.807) is 0 Å². The Morgan fingerprint density at radius 3 is 2.73 bits per heavy atom. The van der Waals surface area contributed by atoms with Gasteiger partial charge in [-0.15, -0.1) is 10.2 Å². The number of hydrogen-bond donors (Lipinski definition) is 2. The SMILES string of the molecule is Cc1nnc(CNC(=NCc2cc(F)ccc2F)NCCCN2CCOCC2)n1C. The smallest absolute Gasteiger partial charge is 0.191 e. The lowest BCUT2D eigenvalue weighted by molar-refractivity contribution is 0.0376. The fourth-order valence-electron chi connectivity index (χ4n) is 3.10. The van der Waals surface area contributed by atoms with Crippen molar-refractivity contribution in [3.8, 4) is 0 Å². The lowest BCUT2D eigenvalue weighted by Crippen LogP contribution is -2.40. The zero-order chi connectivity index (χ0) is 21.3. The number of halogens is 2. The van der Waals surface area contributed by atoms with E-state index in [9.17, 15) is 8.78 Å². The maximum Gasteiger partial charge on any atom is 0.191 e. The van der Waals surface area contributed by atoms with Gasteiger partial charge in [0.25, 0.3) is 0 Å². The molecule has 1 aromatic carbocycles. The standard InChI is InChI=1S/C20H29F2N7O/c1-15-26-27-19(28(15)2)14-25-20(23-6-3-7-29-8-10-30-11-9-29)24-13-16-12-17(21)4-5-18(16)22/h4-5,12H,3,6-11,13-14H2,1-2H3,(H2,23,24,25). The van der Waals surface area contributed by atoms with Crippen LogP contribution in [0.25, 0.3) is 0 Å². The predicted molar refractivity (Wildman–Crippen MR) is 110 cm³/mol. The number of guanidine groups is 1. The molecule has 0 radical (unpaired) electrons. The van der Waals surface area contributed by atoms with Crippen LogP contribution in [0.5, 0.6) is 0 Å². The molecule has 164 valence electrons. The Kier molecular flexibility index (Phi) is 8.09. The van der Waals surface area contributed by atoms with Crippen molar-refractivity contribution in [2.45, 2.75) is 26.4 Å². The topological polar surface area (TPSA) is 79.6 Å². The van der Waals surface area contributed by atoms with Crippen molar-refractivity contribution in [2.75, 3.05) is 39.4 Å². The first-order valence-corrected chi connectivity index (χ1v) is 10.1. The monoisotopic (exact) mass is 421 g/mol. The molecule has 3 rings (SSSR count). The van der Waals surface area contributed by atoms with E-state index in [2.05, 4.69) is 30.7 Å². The molecule has 0 bridgehead atoms. The Balaban J connectivity index is 1.58. The normalized spacial score (nSPS) is 15.4. The molecule has 10 heteroatoms. The van der Waals surface area contributed by atoms with Crippen LogP contribution < -0.4 is 10.6 Å². The summed E-state index contributed by atoms with van der Waals surface area (Å²) in [7, 11) is 1.89. The van der Waals surface area contributed by atoms with Crippen LogP contribution in [0.3, 0.4) is 0 Å². The maximum atomic E-state index is 13.9. The van der Waals surface area contributed by atoms with Crippen LogP contribution in [0.4, 0.5) is 8.78 Å². The van der Waals surface area contributed by atoms with Crippen LogP contribution in [-0.2, 0) is 24.9 Å². The molecule has 8 nitrogen and oxygen atoms in total. The van der Waals surface area contributed by atoms with E-state index in [1.807, 2.05) is 18.5 Å². The second-order valence-corrected chi connectivity index (χ2v) is 7.21. The molecule has 2 N–H and O–H groups in total. The molecule has 0 aliphatic carbocycles. The molecule has 1 aliphatic heterocycles. The van der Waals surface area contributed by atoms with Gasteiger partial charge in [0.1, 0.15) is 17.5 Å². The van der Waals surface area contributed by atoms with Gasteiger partial charge in [0.05, 0.1) is 26.3 Å². The molecular formula is C20H29F2N7O. The number of hydrogen-bond acceptors (Lipinski definition) is 5. The van der Waals surface area contributed by atoms with Crippen molar-refractivity contribution in [3.05, 3.63) is 47.0 Å². The minimum Gasteiger partial charge on any atom is -0.379 e. The van der Waals surface area contributed by atoms with Crippen molar-refractivity contribution >= 4 is 5.96 Å². The lowest BCUT2D eigenvalue weighted by atomic mass is 10.2. The number of aliphatic imine (C=N–C) groups is 1. The van der Waals surface area contributed by atoms with Gasteiger partial charge in [-0.1, -0.05) is 0 Å². The number of benzene rings is 1. The molecule has 30 heavy (non-hydrogen) atoms. The third kappa shape index (κ3) is 6.46. The third-order valence-corrected chi connectivity index (χ3v) is 5.06. The second kappa shape index (κ2) is 11.0. The van der Waals surface area contributed by atoms with E-state index in [0.29, 0.717) is 19.0 Å². The van der Waals surface area contributed by atoms with E-state index in [4.69, 9.17) is 4.74 Å². The summed E-state index contributed by atoms with van der Waals surface area (Å²) in [6.45, 7) is 7.43. The zero-order valence-corrected chi connectivity index (χ0v) is 17.5. The van der Waals surface area contributed by atoms with E-state index < -0.39 is 11.6 Å². The Bertz CT molecular complexity index is 850.